The van der Waals surface area contributed by atoms with Gasteiger partial charge in [-0.3, -0.25) is 14.4 Å². The Balaban J connectivity index is 1.50. The van der Waals surface area contributed by atoms with E-state index in [1.807, 2.05) is 74.5 Å². The van der Waals surface area contributed by atoms with Crippen molar-refractivity contribution in [2.24, 2.45) is 0 Å². The van der Waals surface area contributed by atoms with Crippen molar-refractivity contribution in [1.82, 2.24) is 10.6 Å². The summed E-state index contributed by atoms with van der Waals surface area (Å²) in [6.45, 7) is 5.32. The number of aryl methyl sites for hydroxylation is 1. The number of hydrogen-bond acceptors (Lipinski definition) is 3. The van der Waals surface area contributed by atoms with Gasteiger partial charge in [0.05, 0.1) is 13.0 Å². The Hall–Kier alpha value is -3.67. The van der Waals surface area contributed by atoms with E-state index >= 15 is 0 Å². The first-order chi connectivity index (χ1) is 14.8. The lowest BCUT2D eigenvalue weighted by Gasteiger charge is -2.15. The maximum atomic E-state index is 12.4. The number of nitrogens with one attached hydrogen (secondary N) is 3. The second-order valence-corrected chi connectivity index (χ2v) is 7.62. The highest BCUT2D eigenvalue weighted by Gasteiger charge is 2.17. The normalized spacial score (nSPS) is 11.6. The third-order valence-corrected chi connectivity index (χ3v) is 5.30. The summed E-state index contributed by atoms with van der Waals surface area (Å²) in [6, 6.07) is 18.6. The van der Waals surface area contributed by atoms with Gasteiger partial charge in [0, 0.05) is 5.69 Å². The van der Waals surface area contributed by atoms with Crippen molar-refractivity contribution >= 4 is 34.2 Å². The lowest BCUT2D eigenvalue weighted by molar-refractivity contribution is -0.129. The van der Waals surface area contributed by atoms with Crippen LogP contribution in [0.1, 0.15) is 23.6 Å². The second-order valence-electron chi connectivity index (χ2n) is 7.62. The van der Waals surface area contributed by atoms with Crippen LogP contribution < -0.4 is 16.0 Å². The van der Waals surface area contributed by atoms with Crippen LogP contribution >= 0.6 is 0 Å². The monoisotopic (exact) mass is 417 g/mol. The molecular formula is C25H27N3O3. The molecule has 0 aliphatic rings. The molecule has 160 valence electrons. The average Bonchev–Trinajstić information content (AvgIpc) is 2.75. The molecule has 6 heteroatoms. The first-order valence-electron chi connectivity index (χ1n) is 10.2. The zero-order chi connectivity index (χ0) is 22.4. The van der Waals surface area contributed by atoms with Gasteiger partial charge in [0.2, 0.25) is 17.7 Å². The van der Waals surface area contributed by atoms with E-state index in [1.54, 1.807) is 6.92 Å². The van der Waals surface area contributed by atoms with E-state index in [2.05, 4.69) is 16.0 Å². The second kappa shape index (κ2) is 9.89. The van der Waals surface area contributed by atoms with Crippen LogP contribution in [0.5, 0.6) is 0 Å². The highest BCUT2D eigenvalue weighted by atomic mass is 16.2. The predicted molar refractivity (Wildman–Crippen MR) is 123 cm³/mol. The molecule has 0 heterocycles. The average molecular weight is 418 g/mol. The lowest BCUT2D eigenvalue weighted by atomic mass is 10.0. The van der Waals surface area contributed by atoms with Gasteiger partial charge in [-0.1, -0.05) is 54.6 Å². The number of hydrogen-bond donors (Lipinski definition) is 3. The molecule has 0 aromatic heterocycles. The van der Waals surface area contributed by atoms with Gasteiger partial charge in [-0.2, -0.15) is 0 Å². The standard InChI is InChI=1S/C25H27N3O3/c1-16-8-6-13-22(17(16)2)28-24(30)15-26-25(31)18(3)27-23(29)14-20-11-7-10-19-9-4-5-12-21(19)20/h4-13,18H,14-15H2,1-3H3,(H,26,31)(H,27,29)(H,28,30)/t18-/m0/s1. The predicted octanol–water partition coefficient (Wildman–Crippen LogP) is 3.26. The fourth-order valence-corrected chi connectivity index (χ4v) is 3.38. The van der Waals surface area contributed by atoms with Crippen LogP contribution in [-0.4, -0.2) is 30.3 Å². The first kappa shape index (κ1) is 22.0. The summed E-state index contributed by atoms with van der Waals surface area (Å²) in [5.74, 6) is -0.988. The third kappa shape index (κ3) is 5.69. The summed E-state index contributed by atoms with van der Waals surface area (Å²) in [5.41, 5.74) is 3.67. The zero-order valence-electron chi connectivity index (χ0n) is 18.0. The molecule has 0 fully saturated rings. The number of anilines is 1. The lowest BCUT2D eigenvalue weighted by Crippen LogP contribution is -2.47. The molecular weight excluding hydrogens is 390 g/mol. The largest absolute Gasteiger partial charge is 0.345 e. The Bertz CT molecular complexity index is 1120. The van der Waals surface area contributed by atoms with Crippen molar-refractivity contribution in [2.45, 2.75) is 33.2 Å². The molecule has 0 radical (unpaired) electrons. The van der Waals surface area contributed by atoms with E-state index in [0.717, 1.165) is 33.2 Å². The summed E-state index contributed by atoms with van der Waals surface area (Å²) in [5, 5.41) is 10.1. The van der Waals surface area contributed by atoms with E-state index in [4.69, 9.17) is 0 Å². The van der Waals surface area contributed by atoms with Gasteiger partial charge in [-0.25, -0.2) is 0 Å². The van der Waals surface area contributed by atoms with Gasteiger partial charge in [0.25, 0.3) is 0 Å². The molecule has 0 aliphatic carbocycles. The molecule has 3 aromatic carbocycles. The summed E-state index contributed by atoms with van der Waals surface area (Å²) in [4.78, 5) is 36.9. The molecule has 3 rings (SSSR count). The first-order valence-corrected chi connectivity index (χ1v) is 10.2. The Kier molecular flexibility index (Phi) is 7.03. The molecule has 0 spiro atoms. The molecule has 0 saturated heterocycles. The Morgan fingerprint density at radius 1 is 0.871 bits per heavy atom. The van der Waals surface area contributed by atoms with Crippen molar-refractivity contribution in [2.75, 3.05) is 11.9 Å². The third-order valence-electron chi connectivity index (χ3n) is 5.30. The Morgan fingerprint density at radius 3 is 2.39 bits per heavy atom. The minimum Gasteiger partial charge on any atom is -0.345 e. The molecule has 3 aromatic rings. The quantitative estimate of drug-likeness (QED) is 0.551. The van der Waals surface area contributed by atoms with Crippen molar-refractivity contribution in [1.29, 1.82) is 0 Å². The van der Waals surface area contributed by atoms with Gasteiger partial charge in [-0.05, 0) is 54.3 Å². The maximum Gasteiger partial charge on any atom is 0.243 e. The number of fused-ring (bicyclic) bond motifs is 1. The molecule has 1 atom stereocenters. The molecule has 0 aliphatic heterocycles. The topological polar surface area (TPSA) is 87.3 Å². The van der Waals surface area contributed by atoms with Crippen LogP contribution in [0.25, 0.3) is 10.8 Å². The highest BCUT2D eigenvalue weighted by Crippen LogP contribution is 2.19. The zero-order valence-corrected chi connectivity index (χ0v) is 18.0. The van der Waals surface area contributed by atoms with Gasteiger partial charge in [-0.15, -0.1) is 0 Å². The van der Waals surface area contributed by atoms with Crippen LogP contribution in [0.4, 0.5) is 5.69 Å². The Labute approximate surface area is 182 Å². The molecule has 31 heavy (non-hydrogen) atoms. The minimum atomic E-state index is -0.754. The minimum absolute atomic E-state index is 0.171. The molecule has 0 bridgehead atoms. The fourth-order valence-electron chi connectivity index (χ4n) is 3.38. The molecule has 0 unspecified atom stereocenters. The van der Waals surface area contributed by atoms with Crippen molar-refractivity contribution in [3.63, 3.8) is 0 Å². The van der Waals surface area contributed by atoms with Crippen molar-refractivity contribution < 1.29 is 14.4 Å². The molecule has 0 saturated carbocycles. The highest BCUT2D eigenvalue weighted by molar-refractivity contribution is 5.97. The molecule has 3 N–H and O–H groups in total. The van der Waals surface area contributed by atoms with Gasteiger partial charge in [0.1, 0.15) is 6.04 Å². The van der Waals surface area contributed by atoms with Crippen LogP contribution in [0.15, 0.2) is 60.7 Å². The van der Waals surface area contributed by atoms with E-state index in [1.165, 1.54) is 0 Å². The summed E-state index contributed by atoms with van der Waals surface area (Å²) in [7, 11) is 0. The van der Waals surface area contributed by atoms with E-state index in [9.17, 15) is 14.4 Å². The Morgan fingerprint density at radius 2 is 1.58 bits per heavy atom. The van der Waals surface area contributed by atoms with E-state index < -0.39 is 11.9 Å². The van der Waals surface area contributed by atoms with E-state index in [0.29, 0.717) is 0 Å². The maximum absolute atomic E-state index is 12.4. The number of rotatable bonds is 7. The number of carbonyl (C=O) groups excluding carboxylic acids is 3. The number of benzene rings is 3. The summed E-state index contributed by atoms with van der Waals surface area (Å²) >= 11 is 0. The van der Waals surface area contributed by atoms with Crippen molar-refractivity contribution in [3.8, 4) is 0 Å². The van der Waals surface area contributed by atoms with E-state index in [-0.39, 0.29) is 24.8 Å². The molecule has 3 amide bonds. The summed E-state index contributed by atoms with van der Waals surface area (Å²) < 4.78 is 0. The van der Waals surface area contributed by atoms with Gasteiger partial charge in [0.15, 0.2) is 0 Å². The summed E-state index contributed by atoms with van der Waals surface area (Å²) in [6.07, 6.45) is 0.173. The van der Waals surface area contributed by atoms with Crippen LogP contribution in [0.2, 0.25) is 0 Å². The van der Waals surface area contributed by atoms with Crippen molar-refractivity contribution in [3.05, 3.63) is 77.4 Å². The van der Waals surface area contributed by atoms with Gasteiger partial charge >= 0.3 is 0 Å². The van der Waals surface area contributed by atoms with Crippen LogP contribution in [0.3, 0.4) is 0 Å². The smallest absolute Gasteiger partial charge is 0.243 e. The van der Waals surface area contributed by atoms with Crippen LogP contribution in [0, 0.1) is 13.8 Å². The molecule has 6 nitrogen and oxygen atoms in total. The number of carbonyl (C=O) groups is 3. The van der Waals surface area contributed by atoms with Crippen LogP contribution in [-0.2, 0) is 20.8 Å². The number of amides is 3. The van der Waals surface area contributed by atoms with Gasteiger partial charge < -0.3 is 16.0 Å². The SMILES string of the molecule is Cc1cccc(NC(=O)CNC(=O)[C@H](C)NC(=O)Cc2cccc3ccccc23)c1C. The fraction of sp³-hybridized carbons (Fsp3) is 0.240.